The number of carbonyl (C=O) groups excluding carboxylic acids is 1. The number of carboxylic acids is 1. The molecule has 20 heavy (non-hydrogen) atoms. The minimum absolute atomic E-state index is 0.0317. The van der Waals surface area contributed by atoms with Crippen LogP contribution in [0.25, 0.3) is 0 Å². The third-order valence-corrected chi connectivity index (χ3v) is 4.41. The maximum atomic E-state index is 11.7. The lowest BCUT2D eigenvalue weighted by Crippen LogP contribution is -2.33. The van der Waals surface area contributed by atoms with Crippen LogP contribution in [0, 0.1) is 0 Å². The van der Waals surface area contributed by atoms with E-state index in [-0.39, 0.29) is 17.0 Å². The van der Waals surface area contributed by atoms with E-state index in [4.69, 9.17) is 5.11 Å². The van der Waals surface area contributed by atoms with Gasteiger partial charge in [-0.2, -0.15) is 11.8 Å². The Morgan fingerprint density at radius 2 is 2.20 bits per heavy atom. The SMILES string of the molecule is O=C(NCC1CCCS1)Nc1ccc(C(=O)O)cc1O. The summed E-state index contributed by atoms with van der Waals surface area (Å²) in [6, 6.07) is 3.38. The van der Waals surface area contributed by atoms with Gasteiger partial charge < -0.3 is 20.8 Å². The molecule has 0 aromatic heterocycles. The third-order valence-electron chi connectivity index (χ3n) is 3.01. The molecule has 1 heterocycles. The van der Waals surface area contributed by atoms with Gasteiger partial charge in [0.15, 0.2) is 0 Å². The van der Waals surface area contributed by atoms with Gasteiger partial charge >= 0.3 is 12.0 Å². The van der Waals surface area contributed by atoms with Crippen molar-refractivity contribution in [1.29, 1.82) is 0 Å². The van der Waals surface area contributed by atoms with Gasteiger partial charge in [0.05, 0.1) is 11.3 Å². The van der Waals surface area contributed by atoms with Gasteiger partial charge in [-0.3, -0.25) is 0 Å². The zero-order valence-electron chi connectivity index (χ0n) is 10.8. The normalized spacial score (nSPS) is 17.7. The van der Waals surface area contributed by atoms with Crippen molar-refractivity contribution in [2.75, 3.05) is 17.6 Å². The second-order valence-corrected chi connectivity index (χ2v) is 5.92. The van der Waals surface area contributed by atoms with E-state index in [2.05, 4.69) is 10.6 Å². The topological polar surface area (TPSA) is 98.7 Å². The number of amides is 2. The van der Waals surface area contributed by atoms with E-state index >= 15 is 0 Å². The molecule has 0 bridgehead atoms. The Labute approximate surface area is 120 Å². The number of hydrogen-bond donors (Lipinski definition) is 4. The molecule has 4 N–H and O–H groups in total. The van der Waals surface area contributed by atoms with E-state index in [0.29, 0.717) is 11.8 Å². The number of rotatable bonds is 4. The molecule has 1 aromatic rings. The zero-order valence-corrected chi connectivity index (χ0v) is 11.6. The summed E-state index contributed by atoms with van der Waals surface area (Å²) in [6.45, 7) is 0.588. The molecule has 0 aliphatic carbocycles. The fourth-order valence-electron chi connectivity index (χ4n) is 1.95. The van der Waals surface area contributed by atoms with Crippen LogP contribution < -0.4 is 10.6 Å². The number of aromatic hydroxyl groups is 1. The van der Waals surface area contributed by atoms with Crippen molar-refractivity contribution in [2.45, 2.75) is 18.1 Å². The number of hydrogen-bond acceptors (Lipinski definition) is 4. The Bertz CT molecular complexity index is 515. The first-order chi connectivity index (χ1) is 9.56. The number of anilines is 1. The van der Waals surface area contributed by atoms with Crippen molar-refractivity contribution in [3.63, 3.8) is 0 Å². The Balaban J connectivity index is 1.88. The number of thioether (sulfide) groups is 1. The van der Waals surface area contributed by atoms with E-state index in [1.807, 2.05) is 11.8 Å². The molecule has 1 aliphatic heterocycles. The Morgan fingerprint density at radius 1 is 1.40 bits per heavy atom. The van der Waals surface area contributed by atoms with Crippen LogP contribution in [0.5, 0.6) is 5.75 Å². The van der Waals surface area contributed by atoms with Gasteiger partial charge in [-0.25, -0.2) is 9.59 Å². The zero-order chi connectivity index (χ0) is 14.5. The molecule has 1 atom stereocenters. The maximum Gasteiger partial charge on any atom is 0.335 e. The first kappa shape index (κ1) is 14.5. The number of carboxylic acid groups (broad SMARTS) is 1. The van der Waals surface area contributed by atoms with Gasteiger partial charge in [0, 0.05) is 11.8 Å². The van der Waals surface area contributed by atoms with Crippen molar-refractivity contribution in [2.24, 2.45) is 0 Å². The number of nitrogens with one attached hydrogen (secondary N) is 2. The summed E-state index contributed by atoms with van der Waals surface area (Å²) in [6.07, 6.45) is 2.28. The Hall–Kier alpha value is -1.89. The maximum absolute atomic E-state index is 11.7. The molecular weight excluding hydrogens is 280 g/mol. The van der Waals surface area contributed by atoms with Gasteiger partial charge in [-0.15, -0.1) is 0 Å². The molecule has 2 rings (SSSR count). The number of carbonyl (C=O) groups is 2. The molecule has 6 nitrogen and oxygen atoms in total. The van der Waals surface area contributed by atoms with Crippen LogP contribution in [-0.2, 0) is 0 Å². The fraction of sp³-hybridized carbons (Fsp3) is 0.385. The van der Waals surface area contributed by atoms with Gasteiger partial charge in [0.2, 0.25) is 0 Å². The smallest absolute Gasteiger partial charge is 0.335 e. The summed E-state index contributed by atoms with van der Waals surface area (Å²) in [5, 5.41) is 24.1. The Morgan fingerprint density at radius 3 is 2.80 bits per heavy atom. The van der Waals surface area contributed by atoms with Crippen molar-refractivity contribution in [3.05, 3.63) is 23.8 Å². The molecule has 0 spiro atoms. The first-order valence-electron chi connectivity index (χ1n) is 6.29. The van der Waals surface area contributed by atoms with E-state index in [1.54, 1.807) is 0 Å². The van der Waals surface area contributed by atoms with Crippen LogP contribution in [-0.4, -0.2) is 39.8 Å². The molecule has 108 valence electrons. The number of phenols is 1. The second-order valence-electron chi connectivity index (χ2n) is 4.51. The van der Waals surface area contributed by atoms with Crippen molar-refractivity contribution in [1.82, 2.24) is 5.32 Å². The molecule has 2 amide bonds. The Kier molecular flexibility index (Phi) is 4.73. The van der Waals surface area contributed by atoms with Gasteiger partial charge in [-0.1, -0.05) is 0 Å². The molecule has 0 saturated carbocycles. The minimum Gasteiger partial charge on any atom is -0.506 e. The number of aromatic carboxylic acids is 1. The molecule has 7 heteroatoms. The van der Waals surface area contributed by atoms with Gasteiger partial charge in [0.1, 0.15) is 5.75 Å². The lowest BCUT2D eigenvalue weighted by molar-refractivity contribution is 0.0696. The van der Waals surface area contributed by atoms with E-state index < -0.39 is 12.0 Å². The van der Waals surface area contributed by atoms with Crippen LogP contribution in [0.15, 0.2) is 18.2 Å². The third kappa shape index (κ3) is 3.80. The molecule has 1 saturated heterocycles. The van der Waals surface area contributed by atoms with Crippen LogP contribution in [0.4, 0.5) is 10.5 Å². The predicted molar refractivity (Wildman–Crippen MR) is 77.6 cm³/mol. The largest absolute Gasteiger partial charge is 0.506 e. The predicted octanol–water partition coefficient (Wildman–Crippen LogP) is 2.11. The van der Waals surface area contributed by atoms with Crippen LogP contribution in [0.1, 0.15) is 23.2 Å². The number of phenolic OH excluding ortho intramolecular Hbond substituents is 1. The van der Waals surface area contributed by atoms with E-state index in [9.17, 15) is 14.7 Å². The average molecular weight is 296 g/mol. The first-order valence-corrected chi connectivity index (χ1v) is 7.34. The molecule has 1 fully saturated rings. The highest BCUT2D eigenvalue weighted by Crippen LogP contribution is 2.26. The highest BCUT2D eigenvalue weighted by molar-refractivity contribution is 8.00. The highest BCUT2D eigenvalue weighted by Gasteiger charge is 2.16. The molecule has 1 aliphatic rings. The quantitative estimate of drug-likeness (QED) is 0.638. The summed E-state index contributed by atoms with van der Waals surface area (Å²) in [5.41, 5.74) is 0.155. The lowest BCUT2D eigenvalue weighted by Gasteiger charge is -2.12. The van der Waals surface area contributed by atoms with Crippen LogP contribution in [0.3, 0.4) is 0 Å². The lowest BCUT2D eigenvalue weighted by atomic mass is 10.2. The highest BCUT2D eigenvalue weighted by atomic mass is 32.2. The molecule has 1 aromatic carbocycles. The van der Waals surface area contributed by atoms with Gasteiger partial charge in [-0.05, 0) is 36.8 Å². The molecule has 0 radical (unpaired) electrons. The minimum atomic E-state index is -1.13. The summed E-state index contributed by atoms with van der Waals surface area (Å²) in [7, 11) is 0. The summed E-state index contributed by atoms with van der Waals surface area (Å²) < 4.78 is 0. The summed E-state index contributed by atoms with van der Waals surface area (Å²) in [4.78, 5) is 22.4. The summed E-state index contributed by atoms with van der Waals surface area (Å²) >= 11 is 1.84. The monoisotopic (exact) mass is 296 g/mol. The molecular formula is C13H16N2O4S. The average Bonchev–Trinajstić information content (AvgIpc) is 2.91. The number of urea groups is 1. The number of benzene rings is 1. The van der Waals surface area contributed by atoms with Crippen LogP contribution in [0.2, 0.25) is 0 Å². The van der Waals surface area contributed by atoms with E-state index in [0.717, 1.165) is 18.2 Å². The second kappa shape index (κ2) is 6.51. The summed E-state index contributed by atoms with van der Waals surface area (Å²) in [5.74, 6) is -0.268. The van der Waals surface area contributed by atoms with Gasteiger partial charge in [0.25, 0.3) is 0 Å². The standard InChI is InChI=1S/C13H16N2O4S/c16-11-6-8(12(17)18)3-4-10(11)15-13(19)14-7-9-2-1-5-20-9/h3-4,6,9,16H,1-2,5,7H2,(H,17,18)(H2,14,15,19). The fourth-order valence-corrected chi connectivity index (χ4v) is 3.15. The van der Waals surface area contributed by atoms with Crippen molar-refractivity contribution >= 4 is 29.4 Å². The molecule has 1 unspecified atom stereocenters. The van der Waals surface area contributed by atoms with Crippen molar-refractivity contribution in [3.8, 4) is 5.75 Å². The van der Waals surface area contributed by atoms with Crippen LogP contribution >= 0.6 is 11.8 Å². The van der Waals surface area contributed by atoms with Crippen molar-refractivity contribution < 1.29 is 19.8 Å². The van der Waals surface area contributed by atoms with E-state index in [1.165, 1.54) is 18.6 Å².